The van der Waals surface area contributed by atoms with Crippen LogP contribution in [0.4, 0.5) is 19.0 Å². The van der Waals surface area contributed by atoms with Crippen molar-refractivity contribution < 1.29 is 17.9 Å². The average molecular weight is 377 g/mol. The molecule has 142 valence electrons. The molecular weight excluding hydrogens is 359 g/mol. The van der Waals surface area contributed by atoms with Gasteiger partial charge in [0.1, 0.15) is 5.75 Å². The first-order valence-electron chi connectivity index (χ1n) is 8.15. The van der Waals surface area contributed by atoms with Crippen LogP contribution in [0.15, 0.2) is 42.5 Å². The van der Waals surface area contributed by atoms with Crippen molar-refractivity contribution in [1.29, 1.82) is 0 Å². The monoisotopic (exact) mass is 377 g/mol. The first-order chi connectivity index (χ1) is 12.7. The molecule has 0 amide bonds. The van der Waals surface area contributed by atoms with E-state index in [1.54, 1.807) is 40.9 Å². The lowest BCUT2D eigenvalue weighted by Gasteiger charge is -2.20. The second-order valence-corrected chi connectivity index (χ2v) is 6.10. The fourth-order valence-electron chi connectivity index (χ4n) is 2.69. The Hall–Kier alpha value is -3.10. The Morgan fingerprint density at radius 2 is 1.81 bits per heavy atom. The van der Waals surface area contributed by atoms with E-state index >= 15 is 0 Å². The van der Waals surface area contributed by atoms with Crippen molar-refractivity contribution in [2.75, 3.05) is 11.9 Å². The Kier molecular flexibility index (Phi) is 5.02. The van der Waals surface area contributed by atoms with Crippen LogP contribution in [0.25, 0.3) is 5.82 Å². The highest BCUT2D eigenvalue weighted by Gasteiger charge is 2.32. The second-order valence-electron chi connectivity index (χ2n) is 6.10. The van der Waals surface area contributed by atoms with E-state index in [9.17, 15) is 13.2 Å². The van der Waals surface area contributed by atoms with Gasteiger partial charge in [-0.3, -0.25) is 0 Å². The minimum atomic E-state index is -4.74. The van der Waals surface area contributed by atoms with Crippen molar-refractivity contribution in [3.05, 3.63) is 59.4 Å². The first-order valence-corrected chi connectivity index (χ1v) is 8.15. The molecule has 0 saturated heterocycles. The number of para-hydroxylation sites is 1. The minimum absolute atomic E-state index is 0.181. The number of hydrogen-bond acceptors (Lipinski definition) is 5. The summed E-state index contributed by atoms with van der Waals surface area (Å²) in [6, 6.07) is 11.4. The Labute approximate surface area is 154 Å². The zero-order valence-corrected chi connectivity index (χ0v) is 15.0. The molecule has 3 rings (SSSR count). The minimum Gasteiger partial charge on any atom is -0.405 e. The molecule has 0 radical (unpaired) electrons. The van der Waals surface area contributed by atoms with Gasteiger partial charge in [-0.1, -0.05) is 18.2 Å². The van der Waals surface area contributed by atoms with E-state index in [1.807, 2.05) is 19.9 Å². The van der Waals surface area contributed by atoms with Gasteiger partial charge in [0, 0.05) is 24.8 Å². The van der Waals surface area contributed by atoms with E-state index < -0.39 is 6.36 Å². The average Bonchev–Trinajstić information content (AvgIpc) is 2.94. The first kappa shape index (κ1) is 18.7. The number of benzene rings is 1. The zero-order valence-electron chi connectivity index (χ0n) is 15.0. The maximum atomic E-state index is 12.6. The van der Waals surface area contributed by atoms with Gasteiger partial charge in [0.15, 0.2) is 11.6 Å². The van der Waals surface area contributed by atoms with Crippen molar-refractivity contribution in [3.63, 3.8) is 0 Å². The van der Waals surface area contributed by atoms with Crippen LogP contribution < -0.4 is 9.64 Å². The number of rotatable bonds is 5. The molecule has 6 nitrogen and oxygen atoms in total. The molecule has 0 bridgehead atoms. The summed E-state index contributed by atoms with van der Waals surface area (Å²) in [4.78, 5) is 1.69. The summed E-state index contributed by atoms with van der Waals surface area (Å²) in [6.07, 6.45) is -4.74. The zero-order chi connectivity index (χ0) is 19.6. The third kappa shape index (κ3) is 4.55. The van der Waals surface area contributed by atoms with Crippen molar-refractivity contribution in [3.8, 4) is 11.6 Å². The van der Waals surface area contributed by atoms with Crippen LogP contribution in [0.2, 0.25) is 0 Å². The normalized spacial score (nSPS) is 11.5. The van der Waals surface area contributed by atoms with Crippen LogP contribution in [0.5, 0.6) is 5.75 Å². The van der Waals surface area contributed by atoms with E-state index in [0.29, 0.717) is 17.2 Å². The number of halogens is 3. The van der Waals surface area contributed by atoms with Crippen LogP contribution in [0.3, 0.4) is 0 Å². The number of ether oxygens (including phenoxy) is 1. The molecule has 1 aromatic carbocycles. The van der Waals surface area contributed by atoms with Crippen LogP contribution in [-0.4, -0.2) is 33.4 Å². The summed E-state index contributed by atoms with van der Waals surface area (Å²) >= 11 is 0. The quantitative estimate of drug-likeness (QED) is 0.677. The van der Waals surface area contributed by atoms with E-state index in [0.717, 1.165) is 11.4 Å². The molecule has 0 saturated carbocycles. The lowest BCUT2D eigenvalue weighted by Crippen LogP contribution is -2.22. The summed E-state index contributed by atoms with van der Waals surface area (Å²) in [7, 11) is 1.72. The van der Waals surface area contributed by atoms with Gasteiger partial charge >= 0.3 is 6.36 Å². The highest BCUT2D eigenvalue weighted by molar-refractivity contribution is 5.43. The molecule has 0 unspecified atom stereocenters. The maximum Gasteiger partial charge on any atom is 0.573 e. The molecule has 0 spiro atoms. The molecule has 3 aromatic rings. The molecule has 0 fully saturated rings. The molecule has 9 heteroatoms. The Morgan fingerprint density at radius 1 is 1.07 bits per heavy atom. The largest absolute Gasteiger partial charge is 0.573 e. The predicted molar refractivity (Wildman–Crippen MR) is 93.9 cm³/mol. The van der Waals surface area contributed by atoms with E-state index in [-0.39, 0.29) is 12.3 Å². The topological polar surface area (TPSA) is 56.1 Å². The standard InChI is InChI=1S/C18H18F3N5O/c1-12-10-13(2)26(24-12)17-9-8-16(22-23-17)25(3)11-14-6-4-5-7-15(14)27-18(19,20)21/h4-10H,11H2,1-3H3. The van der Waals surface area contributed by atoms with E-state index in [2.05, 4.69) is 20.0 Å². The Bertz CT molecular complexity index is 921. The van der Waals surface area contributed by atoms with Gasteiger partial charge in [0.05, 0.1) is 5.69 Å². The number of aryl methyl sites for hydroxylation is 2. The molecule has 0 N–H and O–H groups in total. The van der Waals surface area contributed by atoms with Crippen LogP contribution in [0.1, 0.15) is 17.0 Å². The fraction of sp³-hybridized carbons (Fsp3) is 0.278. The fourth-order valence-corrected chi connectivity index (χ4v) is 2.69. The molecular formula is C18H18F3N5O. The van der Waals surface area contributed by atoms with Crippen molar-refractivity contribution in [1.82, 2.24) is 20.0 Å². The van der Waals surface area contributed by atoms with Crippen LogP contribution in [-0.2, 0) is 6.54 Å². The predicted octanol–water partition coefficient (Wildman–Crippen LogP) is 3.81. The highest BCUT2D eigenvalue weighted by atomic mass is 19.4. The molecule has 2 aromatic heterocycles. The molecule has 2 heterocycles. The second kappa shape index (κ2) is 7.26. The number of nitrogens with zero attached hydrogens (tertiary/aromatic N) is 5. The van der Waals surface area contributed by atoms with E-state index in [1.165, 1.54) is 12.1 Å². The lowest BCUT2D eigenvalue weighted by molar-refractivity contribution is -0.274. The van der Waals surface area contributed by atoms with Crippen molar-refractivity contribution >= 4 is 5.82 Å². The molecule has 0 aliphatic rings. The summed E-state index contributed by atoms with van der Waals surface area (Å²) in [6.45, 7) is 3.99. The maximum absolute atomic E-state index is 12.6. The number of aromatic nitrogens is 4. The summed E-state index contributed by atoms with van der Waals surface area (Å²) in [5.74, 6) is 0.852. The number of alkyl halides is 3. The molecule has 0 aliphatic heterocycles. The van der Waals surface area contributed by atoms with Crippen molar-refractivity contribution in [2.24, 2.45) is 0 Å². The smallest absolute Gasteiger partial charge is 0.405 e. The third-order valence-corrected chi connectivity index (χ3v) is 3.86. The molecule has 27 heavy (non-hydrogen) atoms. The van der Waals surface area contributed by atoms with Crippen LogP contribution in [0, 0.1) is 13.8 Å². The Morgan fingerprint density at radius 3 is 2.41 bits per heavy atom. The van der Waals surface area contributed by atoms with Crippen molar-refractivity contribution in [2.45, 2.75) is 26.8 Å². The molecule has 0 aliphatic carbocycles. The van der Waals surface area contributed by atoms with Gasteiger partial charge in [0.2, 0.25) is 0 Å². The summed E-state index contributed by atoms with van der Waals surface area (Å²) in [5, 5.41) is 12.7. The third-order valence-electron chi connectivity index (χ3n) is 3.86. The van der Waals surface area contributed by atoms with Gasteiger partial charge in [-0.25, -0.2) is 4.68 Å². The highest BCUT2D eigenvalue weighted by Crippen LogP contribution is 2.27. The van der Waals surface area contributed by atoms with Gasteiger partial charge < -0.3 is 9.64 Å². The number of hydrogen-bond donors (Lipinski definition) is 0. The van der Waals surface area contributed by atoms with Crippen LogP contribution >= 0.6 is 0 Å². The molecule has 0 atom stereocenters. The van der Waals surface area contributed by atoms with Gasteiger partial charge in [-0.15, -0.1) is 23.4 Å². The summed E-state index contributed by atoms with van der Waals surface area (Å²) in [5.41, 5.74) is 2.19. The number of anilines is 1. The van der Waals surface area contributed by atoms with Gasteiger partial charge in [-0.2, -0.15) is 5.10 Å². The van der Waals surface area contributed by atoms with Gasteiger partial charge in [0.25, 0.3) is 0 Å². The summed E-state index contributed by atoms with van der Waals surface area (Å²) < 4.78 is 43.4. The lowest BCUT2D eigenvalue weighted by atomic mass is 10.2. The van der Waals surface area contributed by atoms with Gasteiger partial charge in [-0.05, 0) is 38.1 Å². The van der Waals surface area contributed by atoms with E-state index in [4.69, 9.17) is 0 Å². The Balaban J connectivity index is 1.77. The SMILES string of the molecule is Cc1cc(C)n(-c2ccc(N(C)Cc3ccccc3OC(F)(F)F)nn2)n1.